The van der Waals surface area contributed by atoms with Crippen molar-refractivity contribution in [3.8, 4) is 11.8 Å². The van der Waals surface area contributed by atoms with Gasteiger partial charge in [0.1, 0.15) is 19.0 Å². The van der Waals surface area contributed by atoms with Crippen LogP contribution in [0.2, 0.25) is 0 Å². The number of nitrogens with one attached hydrogen (secondary N) is 3. The van der Waals surface area contributed by atoms with E-state index in [1.807, 2.05) is 36.4 Å². The van der Waals surface area contributed by atoms with Gasteiger partial charge in [0.15, 0.2) is 0 Å². The molecular weight excluding hydrogens is 395 g/mol. The summed E-state index contributed by atoms with van der Waals surface area (Å²) in [6.45, 7) is 0.871. The Morgan fingerprint density at radius 1 is 0.839 bits per heavy atom. The van der Waals surface area contributed by atoms with Crippen molar-refractivity contribution in [3.63, 3.8) is 0 Å². The molecule has 0 heterocycles. The molecule has 0 aliphatic heterocycles. The van der Waals surface area contributed by atoms with Crippen molar-refractivity contribution >= 4 is 23.0 Å². The molecule has 0 unspecified atom stereocenters. The maximum Gasteiger partial charge on any atom is 0.255 e. The van der Waals surface area contributed by atoms with Gasteiger partial charge in [-0.15, -0.1) is 0 Å². The zero-order valence-corrected chi connectivity index (χ0v) is 16.9. The van der Waals surface area contributed by atoms with Gasteiger partial charge < -0.3 is 20.7 Å². The van der Waals surface area contributed by atoms with E-state index in [4.69, 9.17) is 10.00 Å². The number of hydrogen-bond acceptors (Lipinski definition) is 5. The normalized spacial score (nSPS) is 10.1. The topological polar surface area (TPSA) is 86.2 Å². The van der Waals surface area contributed by atoms with E-state index < -0.39 is 6.67 Å². The minimum Gasteiger partial charge on any atom is -0.491 e. The number of rotatable bonds is 10. The van der Waals surface area contributed by atoms with Crippen molar-refractivity contribution in [2.24, 2.45) is 0 Å². The van der Waals surface area contributed by atoms with Crippen molar-refractivity contribution in [3.05, 3.63) is 83.9 Å². The predicted molar refractivity (Wildman–Crippen MR) is 120 cm³/mol. The van der Waals surface area contributed by atoms with E-state index in [0.29, 0.717) is 29.1 Å². The zero-order valence-electron chi connectivity index (χ0n) is 16.9. The molecule has 0 aromatic heterocycles. The van der Waals surface area contributed by atoms with Crippen LogP contribution in [0, 0.1) is 11.3 Å². The predicted octanol–water partition coefficient (Wildman–Crippen LogP) is 4.68. The van der Waals surface area contributed by atoms with Gasteiger partial charge in [0, 0.05) is 35.7 Å². The van der Waals surface area contributed by atoms with Crippen LogP contribution in [0.1, 0.15) is 15.9 Å². The molecule has 0 saturated carbocycles. The molecule has 3 rings (SSSR count). The highest BCUT2D eigenvalue weighted by molar-refractivity contribution is 6.04. The van der Waals surface area contributed by atoms with Crippen LogP contribution in [-0.4, -0.2) is 32.3 Å². The third-order valence-corrected chi connectivity index (χ3v) is 4.40. The molecule has 0 fully saturated rings. The molecule has 6 nitrogen and oxygen atoms in total. The summed E-state index contributed by atoms with van der Waals surface area (Å²) in [6, 6.07) is 23.4. The highest BCUT2D eigenvalue weighted by Crippen LogP contribution is 2.17. The number of benzene rings is 3. The van der Waals surface area contributed by atoms with Gasteiger partial charge in [-0.1, -0.05) is 0 Å². The second kappa shape index (κ2) is 11.2. The third-order valence-electron chi connectivity index (χ3n) is 4.40. The minimum atomic E-state index is -0.555. The fraction of sp³-hybridized carbons (Fsp3) is 0.167. The van der Waals surface area contributed by atoms with Crippen LogP contribution >= 0.6 is 0 Å². The monoisotopic (exact) mass is 418 g/mol. The molecule has 0 atom stereocenters. The number of carbonyl (C=O) groups is 1. The average Bonchev–Trinajstić information content (AvgIpc) is 2.82. The molecule has 3 aromatic rings. The summed E-state index contributed by atoms with van der Waals surface area (Å²) in [5, 5.41) is 18.2. The Morgan fingerprint density at radius 2 is 1.39 bits per heavy atom. The van der Waals surface area contributed by atoms with Crippen molar-refractivity contribution in [1.82, 2.24) is 0 Å². The molecule has 7 heteroatoms. The van der Waals surface area contributed by atoms with Crippen LogP contribution in [0.15, 0.2) is 72.8 Å². The van der Waals surface area contributed by atoms with Crippen molar-refractivity contribution in [2.45, 2.75) is 0 Å². The number of carbonyl (C=O) groups excluding carboxylic acids is 1. The number of nitriles is 1. The number of nitrogens with zero attached hydrogens (tertiary/aromatic N) is 1. The molecule has 0 bridgehead atoms. The van der Waals surface area contributed by atoms with E-state index in [1.54, 1.807) is 36.4 Å². The van der Waals surface area contributed by atoms with Gasteiger partial charge in [0.25, 0.3) is 5.91 Å². The lowest BCUT2D eigenvalue weighted by Crippen LogP contribution is -2.14. The second-order valence-electron chi connectivity index (χ2n) is 6.64. The molecule has 0 saturated heterocycles. The molecule has 158 valence electrons. The molecule has 3 aromatic carbocycles. The minimum absolute atomic E-state index is 0.00255. The molecule has 3 N–H and O–H groups in total. The highest BCUT2D eigenvalue weighted by atomic mass is 19.1. The van der Waals surface area contributed by atoms with Gasteiger partial charge in [-0.2, -0.15) is 5.26 Å². The Balaban J connectivity index is 1.43. The fourth-order valence-electron chi connectivity index (χ4n) is 2.81. The summed E-state index contributed by atoms with van der Waals surface area (Å²) in [5.74, 6) is 0.294. The summed E-state index contributed by atoms with van der Waals surface area (Å²) in [4.78, 5) is 12.4. The van der Waals surface area contributed by atoms with Crippen LogP contribution in [-0.2, 0) is 0 Å². The van der Waals surface area contributed by atoms with Gasteiger partial charge in [0.2, 0.25) is 0 Å². The van der Waals surface area contributed by atoms with E-state index in [1.165, 1.54) is 0 Å². The summed E-state index contributed by atoms with van der Waals surface area (Å²) in [7, 11) is 0. The lowest BCUT2D eigenvalue weighted by molar-refractivity contribution is 0.102. The molecule has 0 radical (unpaired) electrons. The Hall–Kier alpha value is -4.05. The summed E-state index contributed by atoms with van der Waals surface area (Å²) < 4.78 is 17.3. The maximum atomic E-state index is 12.4. The summed E-state index contributed by atoms with van der Waals surface area (Å²) >= 11 is 0. The first kappa shape index (κ1) is 21.7. The van der Waals surface area contributed by atoms with Crippen LogP contribution in [0.25, 0.3) is 0 Å². The molecular formula is C24H23FN4O2. The van der Waals surface area contributed by atoms with E-state index >= 15 is 0 Å². The first-order valence-electron chi connectivity index (χ1n) is 9.86. The lowest BCUT2D eigenvalue weighted by Gasteiger charge is -2.10. The van der Waals surface area contributed by atoms with E-state index in [-0.39, 0.29) is 12.5 Å². The van der Waals surface area contributed by atoms with Gasteiger partial charge >= 0.3 is 0 Å². The van der Waals surface area contributed by atoms with Gasteiger partial charge in [0.05, 0.1) is 11.6 Å². The largest absolute Gasteiger partial charge is 0.491 e. The first-order chi connectivity index (χ1) is 15.2. The van der Waals surface area contributed by atoms with Crippen molar-refractivity contribution in [2.75, 3.05) is 42.3 Å². The average molecular weight is 418 g/mol. The Kier molecular flexibility index (Phi) is 7.83. The first-order valence-corrected chi connectivity index (χ1v) is 9.86. The molecule has 1 amide bonds. The number of alkyl halides is 1. The lowest BCUT2D eigenvalue weighted by atomic mass is 10.2. The Morgan fingerprint density at radius 3 is 1.94 bits per heavy atom. The van der Waals surface area contributed by atoms with Crippen LogP contribution in [0.4, 0.5) is 21.5 Å². The van der Waals surface area contributed by atoms with Crippen LogP contribution in [0.5, 0.6) is 5.75 Å². The number of amides is 1. The standard InChI is InChI=1S/C24H23FN4O2/c25-13-16-31-23-11-3-19(4-12-23)24(30)29-22-9-7-21(8-10-22)28-15-14-27-20-5-1-18(17-26)2-6-20/h1-12,27-28H,13-16H2,(H,29,30). The van der Waals surface area contributed by atoms with Crippen LogP contribution < -0.4 is 20.7 Å². The number of hydrogen-bond donors (Lipinski definition) is 3. The molecule has 0 aliphatic rings. The highest BCUT2D eigenvalue weighted by Gasteiger charge is 2.06. The molecule has 31 heavy (non-hydrogen) atoms. The van der Waals surface area contributed by atoms with Gasteiger partial charge in [-0.25, -0.2) is 4.39 Å². The van der Waals surface area contributed by atoms with Crippen LogP contribution in [0.3, 0.4) is 0 Å². The number of anilines is 3. The summed E-state index contributed by atoms with van der Waals surface area (Å²) in [5.41, 5.74) is 3.71. The van der Waals surface area contributed by atoms with Gasteiger partial charge in [-0.3, -0.25) is 4.79 Å². The van der Waals surface area contributed by atoms with Gasteiger partial charge in [-0.05, 0) is 72.8 Å². The maximum absolute atomic E-state index is 12.4. The van der Waals surface area contributed by atoms with Crippen molar-refractivity contribution in [1.29, 1.82) is 5.26 Å². The molecule has 0 aliphatic carbocycles. The second-order valence-corrected chi connectivity index (χ2v) is 6.64. The van der Waals surface area contributed by atoms with E-state index in [0.717, 1.165) is 17.9 Å². The Labute approximate surface area is 180 Å². The smallest absolute Gasteiger partial charge is 0.255 e. The van der Waals surface area contributed by atoms with E-state index in [9.17, 15) is 9.18 Å². The quantitative estimate of drug-likeness (QED) is 0.416. The van der Waals surface area contributed by atoms with E-state index in [2.05, 4.69) is 22.0 Å². The summed E-state index contributed by atoms with van der Waals surface area (Å²) in [6.07, 6.45) is 0. The molecule has 0 spiro atoms. The van der Waals surface area contributed by atoms with Crippen molar-refractivity contribution < 1.29 is 13.9 Å². The zero-order chi connectivity index (χ0) is 21.9. The third kappa shape index (κ3) is 6.75. The number of halogens is 1. The fourth-order valence-corrected chi connectivity index (χ4v) is 2.81. The Bertz CT molecular complexity index is 1010. The number of ether oxygens (including phenoxy) is 1. The SMILES string of the molecule is N#Cc1ccc(NCCNc2ccc(NC(=O)c3ccc(OCCF)cc3)cc2)cc1.